The Balaban J connectivity index is 2.39. The van der Waals surface area contributed by atoms with Crippen molar-refractivity contribution < 1.29 is 9.15 Å². The highest BCUT2D eigenvalue weighted by molar-refractivity contribution is 5.77. The second-order valence-electron chi connectivity index (χ2n) is 3.79. The molecule has 1 heterocycles. The van der Waals surface area contributed by atoms with Gasteiger partial charge in [-0.3, -0.25) is 0 Å². The highest BCUT2D eigenvalue weighted by Gasteiger charge is 2.03. The quantitative estimate of drug-likeness (QED) is 0.743. The van der Waals surface area contributed by atoms with Crippen LogP contribution in [-0.2, 0) is 0 Å². The van der Waals surface area contributed by atoms with Crippen LogP contribution in [0.5, 0.6) is 5.75 Å². The number of ether oxygens (including phenoxy) is 1. The van der Waals surface area contributed by atoms with Crippen LogP contribution in [0.4, 0.5) is 0 Å². The molecule has 0 amide bonds. The molecule has 0 radical (unpaired) electrons. The van der Waals surface area contributed by atoms with E-state index in [0.29, 0.717) is 5.58 Å². The van der Waals surface area contributed by atoms with Crippen molar-refractivity contribution >= 4 is 11.0 Å². The van der Waals surface area contributed by atoms with Crippen molar-refractivity contribution in [2.45, 2.75) is 26.4 Å². The van der Waals surface area contributed by atoms with Crippen molar-refractivity contribution in [1.82, 2.24) is 0 Å². The molecule has 1 atom stereocenters. The van der Waals surface area contributed by atoms with E-state index in [4.69, 9.17) is 9.15 Å². The zero-order valence-electron chi connectivity index (χ0n) is 9.40. The molecule has 0 aliphatic rings. The summed E-state index contributed by atoms with van der Waals surface area (Å²) >= 11 is 0. The van der Waals surface area contributed by atoms with Gasteiger partial charge in [-0.05, 0) is 31.5 Å². The highest BCUT2D eigenvalue weighted by atomic mass is 16.5. The molecule has 1 aromatic heterocycles. The summed E-state index contributed by atoms with van der Waals surface area (Å²) in [6.07, 6.45) is 1.10. The molecule has 84 valence electrons. The smallest absolute Gasteiger partial charge is 0.336 e. The van der Waals surface area contributed by atoms with E-state index in [1.807, 2.05) is 19.1 Å². The van der Waals surface area contributed by atoms with Gasteiger partial charge in [0.1, 0.15) is 11.3 Å². The molecule has 3 nitrogen and oxygen atoms in total. The monoisotopic (exact) mass is 218 g/mol. The summed E-state index contributed by atoms with van der Waals surface area (Å²) in [5.41, 5.74) is 0.224. The SMILES string of the molecule is CC[C@H](C)Oc1ccc2ccc(=O)oc2c1. The van der Waals surface area contributed by atoms with E-state index in [2.05, 4.69) is 6.92 Å². The van der Waals surface area contributed by atoms with Crippen LogP contribution >= 0.6 is 0 Å². The Morgan fingerprint density at radius 1 is 1.31 bits per heavy atom. The first kappa shape index (κ1) is 10.7. The fourth-order valence-corrected chi connectivity index (χ4v) is 1.43. The third kappa shape index (κ3) is 2.24. The Morgan fingerprint density at radius 2 is 2.06 bits per heavy atom. The van der Waals surface area contributed by atoms with Gasteiger partial charge in [-0.1, -0.05) is 6.92 Å². The molecule has 0 unspecified atom stereocenters. The molecule has 0 saturated carbocycles. The van der Waals surface area contributed by atoms with Crippen LogP contribution in [0.15, 0.2) is 39.5 Å². The molecule has 2 rings (SSSR count). The number of hydrogen-bond donors (Lipinski definition) is 0. The summed E-state index contributed by atoms with van der Waals surface area (Å²) in [4.78, 5) is 11.1. The molecule has 0 N–H and O–H groups in total. The third-order valence-electron chi connectivity index (χ3n) is 2.51. The number of fused-ring (bicyclic) bond motifs is 1. The maximum Gasteiger partial charge on any atom is 0.336 e. The number of rotatable bonds is 3. The van der Waals surface area contributed by atoms with Gasteiger partial charge in [-0.15, -0.1) is 0 Å². The van der Waals surface area contributed by atoms with Gasteiger partial charge in [0.05, 0.1) is 6.10 Å². The molecular formula is C13H14O3. The highest BCUT2D eigenvalue weighted by Crippen LogP contribution is 2.20. The molecule has 2 aromatic rings. The van der Waals surface area contributed by atoms with Crippen molar-refractivity contribution in [3.05, 3.63) is 40.8 Å². The number of hydrogen-bond acceptors (Lipinski definition) is 3. The molecule has 0 bridgehead atoms. The normalized spacial score (nSPS) is 12.6. The Hall–Kier alpha value is -1.77. The Bertz CT molecular complexity index is 542. The Labute approximate surface area is 93.7 Å². The first-order chi connectivity index (χ1) is 7.69. The fourth-order valence-electron chi connectivity index (χ4n) is 1.43. The fraction of sp³-hybridized carbons (Fsp3) is 0.308. The van der Waals surface area contributed by atoms with Crippen molar-refractivity contribution in [3.63, 3.8) is 0 Å². The van der Waals surface area contributed by atoms with Crippen LogP contribution in [0.1, 0.15) is 20.3 Å². The van der Waals surface area contributed by atoms with Crippen molar-refractivity contribution in [2.75, 3.05) is 0 Å². The summed E-state index contributed by atoms with van der Waals surface area (Å²) < 4.78 is 10.7. The van der Waals surface area contributed by atoms with E-state index in [1.165, 1.54) is 6.07 Å². The standard InChI is InChI=1S/C13H14O3/c1-3-9(2)15-11-6-4-10-5-7-13(14)16-12(10)8-11/h4-9H,3H2,1-2H3/t9-/m0/s1. The predicted octanol–water partition coefficient (Wildman–Crippen LogP) is 2.97. The molecule has 0 aliphatic carbocycles. The lowest BCUT2D eigenvalue weighted by Crippen LogP contribution is -2.09. The van der Waals surface area contributed by atoms with Gasteiger partial charge in [-0.2, -0.15) is 0 Å². The first-order valence-corrected chi connectivity index (χ1v) is 5.39. The Kier molecular flexibility index (Phi) is 2.95. The second-order valence-corrected chi connectivity index (χ2v) is 3.79. The lowest BCUT2D eigenvalue weighted by atomic mass is 10.2. The van der Waals surface area contributed by atoms with Crippen LogP contribution in [0.3, 0.4) is 0 Å². The van der Waals surface area contributed by atoms with Crippen LogP contribution < -0.4 is 10.4 Å². The lowest BCUT2D eigenvalue weighted by Gasteiger charge is -2.12. The molecule has 1 aromatic carbocycles. The minimum atomic E-state index is -0.340. The van der Waals surface area contributed by atoms with E-state index >= 15 is 0 Å². The maximum absolute atomic E-state index is 11.1. The molecule has 0 spiro atoms. The van der Waals surface area contributed by atoms with Crippen molar-refractivity contribution in [1.29, 1.82) is 0 Å². The van der Waals surface area contributed by atoms with Gasteiger partial charge >= 0.3 is 5.63 Å². The van der Waals surface area contributed by atoms with Gasteiger partial charge in [0.2, 0.25) is 0 Å². The van der Waals surface area contributed by atoms with Crippen LogP contribution in [0.2, 0.25) is 0 Å². The zero-order valence-corrected chi connectivity index (χ0v) is 9.40. The lowest BCUT2D eigenvalue weighted by molar-refractivity contribution is 0.217. The summed E-state index contributed by atoms with van der Waals surface area (Å²) in [6, 6.07) is 8.68. The van der Waals surface area contributed by atoms with Crippen LogP contribution in [0, 0.1) is 0 Å². The van der Waals surface area contributed by atoms with Gasteiger partial charge in [0.15, 0.2) is 0 Å². The molecule has 3 heteroatoms. The summed E-state index contributed by atoms with van der Waals surface area (Å²) in [5.74, 6) is 0.733. The predicted molar refractivity (Wildman–Crippen MR) is 62.9 cm³/mol. The summed E-state index contributed by atoms with van der Waals surface area (Å²) in [7, 11) is 0. The van der Waals surface area contributed by atoms with Crippen molar-refractivity contribution in [2.24, 2.45) is 0 Å². The molecule has 16 heavy (non-hydrogen) atoms. The van der Waals surface area contributed by atoms with Gasteiger partial charge < -0.3 is 9.15 Å². The van der Waals surface area contributed by atoms with Crippen molar-refractivity contribution in [3.8, 4) is 5.75 Å². The third-order valence-corrected chi connectivity index (χ3v) is 2.51. The average Bonchev–Trinajstić information content (AvgIpc) is 2.28. The van der Waals surface area contributed by atoms with Crippen LogP contribution in [0.25, 0.3) is 11.0 Å². The second kappa shape index (κ2) is 4.39. The number of benzene rings is 1. The maximum atomic E-state index is 11.1. The Morgan fingerprint density at radius 3 is 2.81 bits per heavy atom. The van der Waals surface area contributed by atoms with E-state index in [-0.39, 0.29) is 11.7 Å². The minimum Gasteiger partial charge on any atom is -0.491 e. The van der Waals surface area contributed by atoms with Gasteiger partial charge in [0, 0.05) is 17.5 Å². The first-order valence-electron chi connectivity index (χ1n) is 5.39. The minimum absolute atomic E-state index is 0.160. The van der Waals surface area contributed by atoms with E-state index < -0.39 is 0 Å². The van der Waals surface area contributed by atoms with E-state index in [9.17, 15) is 4.79 Å². The zero-order chi connectivity index (χ0) is 11.5. The average molecular weight is 218 g/mol. The largest absolute Gasteiger partial charge is 0.491 e. The van der Waals surface area contributed by atoms with Gasteiger partial charge in [0.25, 0.3) is 0 Å². The van der Waals surface area contributed by atoms with E-state index in [0.717, 1.165) is 17.6 Å². The molecule has 0 aliphatic heterocycles. The molecule has 0 fully saturated rings. The molecule has 0 saturated heterocycles. The summed E-state index contributed by atoms with van der Waals surface area (Å²) in [6.45, 7) is 4.07. The molecular weight excluding hydrogens is 204 g/mol. The van der Waals surface area contributed by atoms with Crippen LogP contribution in [-0.4, -0.2) is 6.10 Å². The van der Waals surface area contributed by atoms with E-state index in [1.54, 1.807) is 12.1 Å². The topological polar surface area (TPSA) is 39.4 Å². The summed E-state index contributed by atoms with van der Waals surface area (Å²) in [5, 5.41) is 0.899. The van der Waals surface area contributed by atoms with Gasteiger partial charge in [-0.25, -0.2) is 4.79 Å².